The average molecular weight is 387 g/mol. The molecular formula is C17H21Cl2FN4O. The number of rotatable bonds is 4. The summed E-state index contributed by atoms with van der Waals surface area (Å²) in [4.78, 5) is 12.7. The largest absolute Gasteiger partial charge is 0.349 e. The minimum atomic E-state index is -0.462. The van der Waals surface area contributed by atoms with Gasteiger partial charge in [-0.15, -0.1) is 12.4 Å². The summed E-state index contributed by atoms with van der Waals surface area (Å²) in [5, 5.41) is 10.5. The molecule has 3 atom stereocenters. The second-order valence-electron chi connectivity index (χ2n) is 6.22. The topological polar surface area (TPSA) is 59.0 Å². The molecule has 1 aromatic heterocycles. The summed E-state index contributed by atoms with van der Waals surface area (Å²) < 4.78 is 15.0. The van der Waals surface area contributed by atoms with Gasteiger partial charge >= 0.3 is 0 Å². The van der Waals surface area contributed by atoms with Gasteiger partial charge in [-0.05, 0) is 30.2 Å². The number of aryl methyl sites for hydroxylation is 1. The molecule has 1 aliphatic heterocycles. The highest BCUT2D eigenvalue weighted by molar-refractivity contribution is 6.30. The monoisotopic (exact) mass is 386 g/mol. The number of nitrogens with zero attached hydrogens (tertiary/aromatic N) is 2. The van der Waals surface area contributed by atoms with E-state index in [1.807, 2.05) is 20.2 Å². The molecule has 0 aliphatic carbocycles. The Morgan fingerprint density at radius 2 is 2.24 bits per heavy atom. The molecule has 1 fully saturated rings. The second kappa shape index (κ2) is 8.17. The lowest BCUT2D eigenvalue weighted by molar-refractivity contribution is -0.125. The van der Waals surface area contributed by atoms with E-state index in [1.165, 1.54) is 6.07 Å². The zero-order chi connectivity index (χ0) is 17.3. The van der Waals surface area contributed by atoms with Crippen LogP contribution in [-0.4, -0.2) is 28.8 Å². The molecule has 8 heteroatoms. The predicted octanol–water partition coefficient (Wildman–Crippen LogP) is 2.81. The van der Waals surface area contributed by atoms with Crippen LogP contribution in [0.2, 0.25) is 5.02 Å². The van der Waals surface area contributed by atoms with Gasteiger partial charge < -0.3 is 10.6 Å². The number of nitrogens with one attached hydrogen (secondary N) is 2. The molecule has 0 bridgehead atoms. The molecule has 0 radical (unpaired) electrons. The maximum absolute atomic E-state index is 13.3. The highest BCUT2D eigenvalue weighted by Crippen LogP contribution is 2.29. The van der Waals surface area contributed by atoms with E-state index in [-0.39, 0.29) is 41.2 Å². The Labute approximate surface area is 157 Å². The molecule has 1 saturated heterocycles. The molecule has 0 saturated carbocycles. The minimum Gasteiger partial charge on any atom is -0.349 e. The normalized spacial score (nSPS) is 20.8. The van der Waals surface area contributed by atoms with Crippen LogP contribution in [0.1, 0.15) is 30.0 Å². The summed E-state index contributed by atoms with van der Waals surface area (Å²) in [6.45, 7) is 3.24. The first kappa shape index (κ1) is 19.7. The van der Waals surface area contributed by atoms with Crippen LogP contribution in [0.25, 0.3) is 0 Å². The highest BCUT2D eigenvalue weighted by atomic mass is 35.5. The number of hydrogen-bond acceptors (Lipinski definition) is 3. The van der Waals surface area contributed by atoms with Gasteiger partial charge in [-0.1, -0.05) is 17.7 Å². The lowest BCUT2D eigenvalue weighted by Gasteiger charge is -2.21. The fourth-order valence-electron chi connectivity index (χ4n) is 3.12. The van der Waals surface area contributed by atoms with Crippen LogP contribution in [0.15, 0.2) is 30.6 Å². The number of benzene rings is 1. The van der Waals surface area contributed by atoms with E-state index in [4.69, 9.17) is 11.6 Å². The van der Waals surface area contributed by atoms with Crippen molar-refractivity contribution in [3.05, 3.63) is 52.6 Å². The van der Waals surface area contributed by atoms with Gasteiger partial charge in [0, 0.05) is 32.3 Å². The number of carbonyl (C=O) groups is 1. The standard InChI is InChI=1S/C17H20ClFN4O.ClH/c1-10(11-3-4-16(19)15(18)5-11)22-17(24)14-8-20-7-13(14)12-6-21-23(2)9-12;/h3-6,9-10,13-14,20H,7-8H2,1-2H3,(H,22,24);1H/t10?,13-,14+;/m1./s1. The Balaban J connectivity index is 0.00000225. The first-order valence-electron chi connectivity index (χ1n) is 7.90. The van der Waals surface area contributed by atoms with Crippen molar-refractivity contribution in [2.24, 2.45) is 13.0 Å². The molecule has 2 aromatic rings. The summed E-state index contributed by atoms with van der Waals surface area (Å²) in [5.74, 6) is -0.548. The van der Waals surface area contributed by atoms with Crippen molar-refractivity contribution in [2.45, 2.75) is 18.9 Å². The quantitative estimate of drug-likeness (QED) is 0.849. The van der Waals surface area contributed by atoms with Crippen molar-refractivity contribution >= 4 is 29.9 Å². The van der Waals surface area contributed by atoms with Crippen LogP contribution >= 0.6 is 24.0 Å². The molecule has 136 valence electrons. The maximum Gasteiger partial charge on any atom is 0.225 e. The summed E-state index contributed by atoms with van der Waals surface area (Å²) in [7, 11) is 1.86. The minimum absolute atomic E-state index is 0. The zero-order valence-electron chi connectivity index (χ0n) is 14.0. The Bertz CT molecular complexity index is 752. The summed E-state index contributed by atoms with van der Waals surface area (Å²) in [5.41, 5.74) is 1.83. The molecule has 1 unspecified atom stereocenters. The van der Waals surface area contributed by atoms with E-state index in [2.05, 4.69) is 15.7 Å². The highest BCUT2D eigenvalue weighted by Gasteiger charge is 2.35. The van der Waals surface area contributed by atoms with E-state index in [0.29, 0.717) is 6.54 Å². The first-order valence-corrected chi connectivity index (χ1v) is 8.28. The Hall–Kier alpha value is -1.63. The number of hydrogen-bond donors (Lipinski definition) is 2. The SMILES string of the molecule is CC(NC(=O)[C@H]1CNC[C@@H]1c1cnn(C)c1)c1ccc(F)c(Cl)c1.Cl. The van der Waals surface area contributed by atoms with Crippen LogP contribution < -0.4 is 10.6 Å². The zero-order valence-corrected chi connectivity index (χ0v) is 15.6. The first-order chi connectivity index (χ1) is 11.5. The van der Waals surface area contributed by atoms with Gasteiger partial charge in [-0.2, -0.15) is 5.10 Å². The third kappa shape index (κ3) is 4.32. The molecular weight excluding hydrogens is 366 g/mol. The number of carbonyl (C=O) groups excluding carboxylic acids is 1. The van der Waals surface area contributed by atoms with Gasteiger partial charge in [-0.3, -0.25) is 9.48 Å². The van der Waals surface area contributed by atoms with Crippen molar-refractivity contribution in [2.75, 3.05) is 13.1 Å². The summed E-state index contributed by atoms with van der Waals surface area (Å²) in [6.07, 6.45) is 3.75. The van der Waals surface area contributed by atoms with E-state index in [1.54, 1.807) is 23.0 Å². The van der Waals surface area contributed by atoms with Gasteiger partial charge in [0.05, 0.1) is 23.2 Å². The lowest BCUT2D eigenvalue weighted by atomic mass is 9.90. The van der Waals surface area contributed by atoms with Crippen molar-refractivity contribution in [3.63, 3.8) is 0 Å². The molecule has 1 aliphatic rings. The Kier molecular flexibility index (Phi) is 6.43. The van der Waals surface area contributed by atoms with Crippen LogP contribution in [0, 0.1) is 11.7 Å². The van der Waals surface area contributed by atoms with Gasteiger partial charge in [-0.25, -0.2) is 4.39 Å². The van der Waals surface area contributed by atoms with Crippen molar-refractivity contribution in [1.82, 2.24) is 20.4 Å². The summed E-state index contributed by atoms with van der Waals surface area (Å²) in [6, 6.07) is 4.26. The van der Waals surface area contributed by atoms with E-state index < -0.39 is 5.82 Å². The molecule has 5 nitrogen and oxygen atoms in total. The van der Waals surface area contributed by atoms with Crippen molar-refractivity contribution in [3.8, 4) is 0 Å². The maximum atomic E-state index is 13.3. The Morgan fingerprint density at radius 3 is 2.88 bits per heavy atom. The Morgan fingerprint density at radius 1 is 1.48 bits per heavy atom. The van der Waals surface area contributed by atoms with E-state index in [9.17, 15) is 9.18 Å². The molecule has 25 heavy (non-hydrogen) atoms. The number of halogens is 3. The smallest absolute Gasteiger partial charge is 0.225 e. The second-order valence-corrected chi connectivity index (χ2v) is 6.63. The third-order valence-electron chi connectivity index (χ3n) is 4.51. The van der Waals surface area contributed by atoms with Crippen LogP contribution in [0.4, 0.5) is 4.39 Å². The molecule has 2 heterocycles. The van der Waals surface area contributed by atoms with Gasteiger partial charge in [0.2, 0.25) is 5.91 Å². The fourth-order valence-corrected chi connectivity index (χ4v) is 3.31. The summed E-state index contributed by atoms with van der Waals surface area (Å²) >= 11 is 5.82. The van der Waals surface area contributed by atoms with Crippen LogP contribution in [0.3, 0.4) is 0 Å². The molecule has 0 spiro atoms. The average Bonchev–Trinajstić information content (AvgIpc) is 3.18. The van der Waals surface area contributed by atoms with Crippen molar-refractivity contribution in [1.29, 1.82) is 0 Å². The predicted molar refractivity (Wildman–Crippen MR) is 97.5 cm³/mol. The van der Waals surface area contributed by atoms with Gasteiger partial charge in [0.15, 0.2) is 0 Å². The third-order valence-corrected chi connectivity index (χ3v) is 4.80. The number of amides is 1. The number of aromatic nitrogens is 2. The van der Waals surface area contributed by atoms with E-state index in [0.717, 1.165) is 17.7 Å². The van der Waals surface area contributed by atoms with Crippen LogP contribution in [-0.2, 0) is 11.8 Å². The van der Waals surface area contributed by atoms with Gasteiger partial charge in [0.1, 0.15) is 5.82 Å². The lowest BCUT2D eigenvalue weighted by Crippen LogP contribution is -2.36. The molecule has 3 rings (SSSR count). The fraction of sp³-hybridized carbons (Fsp3) is 0.412. The van der Waals surface area contributed by atoms with Crippen molar-refractivity contribution < 1.29 is 9.18 Å². The molecule has 1 aromatic carbocycles. The van der Waals surface area contributed by atoms with Gasteiger partial charge in [0.25, 0.3) is 0 Å². The molecule has 2 N–H and O–H groups in total. The van der Waals surface area contributed by atoms with Crippen LogP contribution in [0.5, 0.6) is 0 Å². The molecule has 1 amide bonds. The van der Waals surface area contributed by atoms with E-state index >= 15 is 0 Å².